The number of amides is 1. The fraction of sp³-hybridized carbons (Fsp3) is 0.938. The van der Waals surface area contributed by atoms with Gasteiger partial charge in [0.2, 0.25) is 5.91 Å². The van der Waals surface area contributed by atoms with Crippen molar-refractivity contribution < 1.29 is 13.2 Å². The molecule has 2 aliphatic heterocycles. The molecule has 0 radical (unpaired) electrons. The van der Waals surface area contributed by atoms with Gasteiger partial charge in [0.25, 0.3) is 0 Å². The van der Waals surface area contributed by atoms with Crippen LogP contribution in [0.3, 0.4) is 0 Å². The van der Waals surface area contributed by atoms with Crippen molar-refractivity contribution in [2.24, 2.45) is 11.3 Å². The Morgan fingerprint density at radius 2 is 2.05 bits per heavy atom. The Hall–Kier alpha value is -0.620. The van der Waals surface area contributed by atoms with E-state index >= 15 is 0 Å². The van der Waals surface area contributed by atoms with Crippen molar-refractivity contribution in [3.8, 4) is 0 Å². The van der Waals surface area contributed by atoms with E-state index in [9.17, 15) is 13.2 Å². The number of nitrogens with zero attached hydrogens (tertiary/aromatic N) is 1. The number of piperidine rings is 1. The molecule has 2 atom stereocenters. The van der Waals surface area contributed by atoms with Gasteiger partial charge in [-0.3, -0.25) is 4.79 Å². The van der Waals surface area contributed by atoms with Crippen LogP contribution in [-0.4, -0.2) is 56.4 Å². The quantitative estimate of drug-likeness (QED) is 0.823. The van der Waals surface area contributed by atoms with Gasteiger partial charge in [0.1, 0.15) is 0 Å². The largest absolute Gasteiger partial charge is 0.338 e. The summed E-state index contributed by atoms with van der Waals surface area (Å²) in [5, 5.41) is 3.37. The molecule has 5 nitrogen and oxygen atoms in total. The molecule has 1 N–H and O–H groups in total. The Kier molecular flexibility index (Phi) is 4.52. The summed E-state index contributed by atoms with van der Waals surface area (Å²) < 4.78 is 23.6. The number of sulfone groups is 1. The summed E-state index contributed by atoms with van der Waals surface area (Å²) in [5.74, 6) is 0.795. The van der Waals surface area contributed by atoms with E-state index in [1.165, 1.54) is 0 Å². The summed E-state index contributed by atoms with van der Waals surface area (Å²) >= 11 is 0. The van der Waals surface area contributed by atoms with Crippen LogP contribution in [0.5, 0.6) is 0 Å². The number of carbonyl (C=O) groups is 1. The molecule has 2 saturated heterocycles. The Labute approximate surface area is 133 Å². The molecule has 6 heteroatoms. The molecule has 0 bridgehead atoms. The molecule has 126 valence electrons. The molecule has 3 rings (SSSR count). The van der Waals surface area contributed by atoms with Gasteiger partial charge in [-0.25, -0.2) is 8.42 Å². The van der Waals surface area contributed by atoms with Crippen LogP contribution >= 0.6 is 0 Å². The zero-order chi connectivity index (χ0) is 15.8. The predicted molar refractivity (Wildman–Crippen MR) is 86.3 cm³/mol. The van der Waals surface area contributed by atoms with Crippen LogP contribution in [0.15, 0.2) is 0 Å². The number of rotatable bonds is 5. The van der Waals surface area contributed by atoms with Crippen molar-refractivity contribution in [3.63, 3.8) is 0 Å². The van der Waals surface area contributed by atoms with Crippen LogP contribution in [-0.2, 0) is 14.6 Å². The lowest BCUT2D eigenvalue weighted by Crippen LogP contribution is -2.44. The molecule has 2 heterocycles. The van der Waals surface area contributed by atoms with E-state index in [4.69, 9.17) is 0 Å². The molecule has 0 aromatic heterocycles. The van der Waals surface area contributed by atoms with Gasteiger partial charge in [0.05, 0.1) is 11.5 Å². The molecule has 1 aliphatic carbocycles. The van der Waals surface area contributed by atoms with E-state index in [2.05, 4.69) is 12.2 Å². The van der Waals surface area contributed by atoms with Gasteiger partial charge in [-0.15, -0.1) is 0 Å². The first-order valence-electron chi connectivity index (χ1n) is 8.69. The molecule has 0 aromatic carbocycles. The molecule has 1 amide bonds. The lowest BCUT2D eigenvalue weighted by atomic mass is 9.91. The first-order valence-corrected chi connectivity index (χ1v) is 10.5. The predicted octanol–water partition coefficient (Wildman–Crippen LogP) is 1.19. The molecule has 3 aliphatic rings. The van der Waals surface area contributed by atoms with E-state index in [1.54, 1.807) is 0 Å². The van der Waals surface area contributed by atoms with Gasteiger partial charge in [-0.1, -0.05) is 13.3 Å². The molecule has 0 aromatic rings. The zero-order valence-corrected chi connectivity index (χ0v) is 14.3. The van der Waals surface area contributed by atoms with Crippen molar-refractivity contribution in [1.82, 2.24) is 10.2 Å². The maximum Gasteiger partial charge on any atom is 0.226 e. The second kappa shape index (κ2) is 6.11. The maximum absolute atomic E-state index is 13.0. The minimum absolute atomic E-state index is 0.0802. The molecule has 1 saturated carbocycles. The third kappa shape index (κ3) is 3.18. The second-order valence-corrected chi connectivity index (χ2v) is 9.54. The minimum atomic E-state index is -2.94. The second-order valence-electron chi connectivity index (χ2n) is 7.31. The molecule has 2 unspecified atom stereocenters. The van der Waals surface area contributed by atoms with Gasteiger partial charge in [-0.2, -0.15) is 0 Å². The van der Waals surface area contributed by atoms with Gasteiger partial charge in [0, 0.05) is 18.5 Å². The van der Waals surface area contributed by atoms with Crippen molar-refractivity contribution >= 4 is 15.7 Å². The van der Waals surface area contributed by atoms with Crippen molar-refractivity contribution in [2.45, 2.75) is 51.5 Å². The number of nitrogens with one attached hydrogen (secondary N) is 1. The van der Waals surface area contributed by atoms with Crippen LogP contribution in [0, 0.1) is 11.3 Å². The highest BCUT2D eigenvalue weighted by molar-refractivity contribution is 7.91. The fourth-order valence-electron chi connectivity index (χ4n) is 4.20. The third-order valence-electron chi connectivity index (χ3n) is 5.77. The molecule has 3 fully saturated rings. The highest BCUT2D eigenvalue weighted by Gasteiger charge is 2.59. The number of hydrogen-bond acceptors (Lipinski definition) is 4. The number of carbonyl (C=O) groups excluding carboxylic acids is 1. The Bertz CT molecular complexity index is 526. The topological polar surface area (TPSA) is 66.5 Å². The van der Waals surface area contributed by atoms with Gasteiger partial charge in [-0.05, 0) is 50.6 Å². The van der Waals surface area contributed by atoms with Crippen LogP contribution < -0.4 is 5.32 Å². The molecular weight excluding hydrogens is 300 g/mol. The average molecular weight is 328 g/mol. The van der Waals surface area contributed by atoms with Gasteiger partial charge >= 0.3 is 0 Å². The van der Waals surface area contributed by atoms with Crippen LogP contribution in [0.1, 0.15) is 45.4 Å². The van der Waals surface area contributed by atoms with E-state index in [1.807, 2.05) is 4.90 Å². The van der Waals surface area contributed by atoms with Crippen LogP contribution in [0.2, 0.25) is 0 Å². The monoisotopic (exact) mass is 328 g/mol. The molecular formula is C16H28N2O3S. The lowest BCUT2D eigenvalue weighted by Gasteiger charge is -2.30. The Balaban J connectivity index is 1.68. The molecule has 1 spiro atoms. The summed E-state index contributed by atoms with van der Waals surface area (Å²) in [5.41, 5.74) is 0.226. The van der Waals surface area contributed by atoms with E-state index in [0.717, 1.165) is 51.7 Å². The first kappa shape index (κ1) is 16.2. The SMILES string of the molecule is CCCCN(C(=O)C1CC12CCNCC2)C1CCS(=O)(=O)C1. The summed E-state index contributed by atoms with van der Waals surface area (Å²) in [7, 11) is -2.94. The van der Waals surface area contributed by atoms with E-state index in [0.29, 0.717) is 6.42 Å². The molecule has 22 heavy (non-hydrogen) atoms. The fourth-order valence-corrected chi connectivity index (χ4v) is 5.93. The number of hydrogen-bond donors (Lipinski definition) is 1. The smallest absolute Gasteiger partial charge is 0.226 e. The Morgan fingerprint density at radius 3 is 2.64 bits per heavy atom. The van der Waals surface area contributed by atoms with Crippen LogP contribution in [0.25, 0.3) is 0 Å². The summed E-state index contributed by atoms with van der Waals surface area (Å²) in [6.45, 7) is 4.85. The summed E-state index contributed by atoms with van der Waals surface area (Å²) in [4.78, 5) is 14.9. The first-order chi connectivity index (χ1) is 10.5. The Morgan fingerprint density at radius 1 is 1.32 bits per heavy atom. The van der Waals surface area contributed by atoms with Gasteiger partial charge in [0.15, 0.2) is 9.84 Å². The zero-order valence-electron chi connectivity index (χ0n) is 13.5. The standard InChI is InChI=1S/C16H28N2O3S/c1-2-3-9-18(13-4-10-22(20,21)12-13)15(19)14-11-16(14)5-7-17-8-6-16/h13-14,17H,2-12H2,1H3. The van der Waals surface area contributed by atoms with E-state index < -0.39 is 9.84 Å². The number of unbranched alkanes of at least 4 members (excludes halogenated alkanes) is 1. The van der Waals surface area contributed by atoms with Gasteiger partial charge < -0.3 is 10.2 Å². The van der Waals surface area contributed by atoms with Crippen molar-refractivity contribution in [1.29, 1.82) is 0 Å². The summed E-state index contributed by atoms with van der Waals surface area (Å²) in [6.07, 6.45) is 5.81. The average Bonchev–Trinajstić information content (AvgIpc) is 3.05. The lowest BCUT2D eigenvalue weighted by molar-refractivity contribution is -0.135. The highest BCUT2D eigenvalue weighted by Crippen LogP contribution is 2.59. The third-order valence-corrected chi connectivity index (χ3v) is 7.52. The highest BCUT2D eigenvalue weighted by atomic mass is 32.2. The maximum atomic E-state index is 13.0. The summed E-state index contributed by atoms with van der Waals surface area (Å²) in [6, 6.07) is -0.0802. The van der Waals surface area contributed by atoms with Crippen molar-refractivity contribution in [2.75, 3.05) is 31.1 Å². The van der Waals surface area contributed by atoms with Crippen molar-refractivity contribution in [3.05, 3.63) is 0 Å². The minimum Gasteiger partial charge on any atom is -0.338 e. The normalized spacial score (nSPS) is 32.0. The van der Waals surface area contributed by atoms with E-state index in [-0.39, 0.29) is 34.8 Å². The van der Waals surface area contributed by atoms with Crippen LogP contribution in [0.4, 0.5) is 0 Å².